The summed E-state index contributed by atoms with van der Waals surface area (Å²) in [7, 11) is 0. The van der Waals surface area contributed by atoms with Crippen LogP contribution in [0.2, 0.25) is 0 Å². The second-order valence-corrected chi connectivity index (χ2v) is 32.0. The minimum atomic E-state index is -0.0551. The maximum Gasteiger partial charge on any atom is 0.0518 e. The summed E-state index contributed by atoms with van der Waals surface area (Å²) in [4.78, 5) is 8.22. The van der Waals surface area contributed by atoms with Crippen LogP contribution in [0.3, 0.4) is 0 Å². The van der Waals surface area contributed by atoms with Gasteiger partial charge in [-0.3, -0.25) is 0 Å². The van der Waals surface area contributed by atoms with Crippen LogP contribution in [0.4, 0.5) is 34.1 Å². The fraction of sp³-hybridized carbons (Fsp3) is 0.326. The van der Waals surface area contributed by atoms with Gasteiger partial charge in [0.05, 0.1) is 16.6 Å². The smallest absolute Gasteiger partial charge is 0.0518 e. The van der Waals surface area contributed by atoms with Gasteiger partial charge in [0.1, 0.15) is 0 Å². The van der Waals surface area contributed by atoms with Crippen molar-refractivity contribution in [1.29, 1.82) is 0 Å². The third-order valence-electron chi connectivity index (χ3n) is 28.0. The summed E-state index contributed by atoms with van der Waals surface area (Å²) >= 11 is 0. The molecule has 9 atom stereocenters. The van der Waals surface area contributed by atoms with E-state index >= 15 is 0 Å². The van der Waals surface area contributed by atoms with E-state index in [0.29, 0.717) is 11.8 Å². The molecular formula is C92H89N3. The molecule has 3 aliphatic heterocycles. The van der Waals surface area contributed by atoms with E-state index in [0.717, 1.165) is 5.92 Å². The molecule has 3 fully saturated rings. The van der Waals surface area contributed by atoms with Gasteiger partial charge in [-0.1, -0.05) is 188 Å². The molecule has 13 aromatic rings. The van der Waals surface area contributed by atoms with Crippen molar-refractivity contribution in [1.82, 2.24) is 0 Å². The SMILES string of the molecule is CCC1CCC2(C)N(c3ccccc3)c3ccc(-c4ccc5c6cc7c(cc6c6cccc4c65)c4ccc(-c5ccc6c(c5)C5(C)CC(CC)CCC5(C)N6c5ccccc5)c5c(-c6ccc8c(c6)C6(C)CC(CC)CCC6(C)N8c6ccccc6)ccc7c54)cc3C2(C)C1. The number of anilines is 6. The molecule has 0 N–H and O–H groups in total. The van der Waals surface area contributed by atoms with E-state index in [-0.39, 0.29) is 32.9 Å². The van der Waals surface area contributed by atoms with Crippen molar-refractivity contribution >= 4 is 98.8 Å². The lowest BCUT2D eigenvalue weighted by Crippen LogP contribution is -2.56. The molecule has 13 aromatic carbocycles. The summed E-state index contributed by atoms with van der Waals surface area (Å²) in [5, 5.41) is 16.3. The van der Waals surface area contributed by atoms with E-state index in [1.54, 1.807) is 0 Å². The molecule has 3 aliphatic carbocycles. The molecule has 19 rings (SSSR count). The molecule has 0 bridgehead atoms. The van der Waals surface area contributed by atoms with Crippen LogP contribution in [-0.2, 0) is 16.2 Å². The molecule has 95 heavy (non-hydrogen) atoms. The first kappa shape index (κ1) is 57.8. The van der Waals surface area contributed by atoms with Crippen molar-refractivity contribution in [3.05, 3.63) is 229 Å². The number of hydrogen-bond acceptors (Lipinski definition) is 3. The highest BCUT2D eigenvalue weighted by molar-refractivity contribution is 6.39. The number of para-hydroxylation sites is 3. The summed E-state index contributed by atoms with van der Waals surface area (Å²) in [5.74, 6) is 2.13. The van der Waals surface area contributed by atoms with Crippen molar-refractivity contribution in [2.75, 3.05) is 14.7 Å². The molecule has 3 saturated carbocycles. The van der Waals surface area contributed by atoms with Gasteiger partial charge in [0.2, 0.25) is 0 Å². The fourth-order valence-corrected chi connectivity index (χ4v) is 22.1. The Morgan fingerprint density at radius 3 is 0.989 bits per heavy atom. The molecular weight excluding hydrogens is 1150 g/mol. The standard InChI is InChI=1S/C92H89N3/c1-10-57-43-46-90(7)87(4,54-57)78-49-60(31-40-81(78)93(90)63-23-16-13-17-24-63)66-34-37-71-75-53-77-73-39-36-68(62-33-42-83-80(51-62)89(6)56-59(12-3)45-48-92(89,9)95(83)65-27-20-15-21-28-65)85-67(35-38-72(86(73)85)76(77)52-74(75)70-30-22-29-69(66)84(70)71)61-32-41-82-79(50-61)88(5)55-58(11-2)44-47-91(88,8)94(82)64-25-18-14-19-26-64/h13-42,49-53,57-59H,10-12,43-48,54-56H2,1-9H3. The molecule has 0 spiro atoms. The topological polar surface area (TPSA) is 9.72 Å². The number of nitrogens with zero attached hydrogens (tertiary/aromatic N) is 3. The van der Waals surface area contributed by atoms with Gasteiger partial charge < -0.3 is 14.7 Å². The zero-order valence-corrected chi connectivity index (χ0v) is 57.3. The number of rotatable bonds is 9. The highest BCUT2D eigenvalue weighted by Gasteiger charge is 2.62. The maximum absolute atomic E-state index is 2.75. The summed E-state index contributed by atoms with van der Waals surface area (Å²) in [5.41, 5.74) is 20.3. The minimum Gasteiger partial charge on any atom is -0.334 e. The lowest BCUT2D eigenvalue weighted by Gasteiger charge is -2.52. The molecule has 3 heterocycles. The van der Waals surface area contributed by atoms with Crippen molar-refractivity contribution in [3.8, 4) is 33.4 Å². The van der Waals surface area contributed by atoms with Gasteiger partial charge in [-0.05, 0) is 296 Å². The van der Waals surface area contributed by atoms with Gasteiger partial charge in [-0.2, -0.15) is 0 Å². The van der Waals surface area contributed by atoms with Gasteiger partial charge in [0.15, 0.2) is 0 Å². The molecule has 9 unspecified atom stereocenters. The summed E-state index contributed by atoms with van der Waals surface area (Å²) < 4.78 is 0. The molecule has 0 saturated heterocycles. The van der Waals surface area contributed by atoms with Gasteiger partial charge >= 0.3 is 0 Å². The second kappa shape index (κ2) is 20.2. The predicted octanol–water partition coefficient (Wildman–Crippen LogP) is 25.6. The van der Waals surface area contributed by atoms with Crippen molar-refractivity contribution < 1.29 is 0 Å². The van der Waals surface area contributed by atoms with Gasteiger partial charge in [-0.15, -0.1) is 0 Å². The zero-order valence-electron chi connectivity index (χ0n) is 57.3. The molecule has 0 radical (unpaired) electrons. The van der Waals surface area contributed by atoms with Crippen LogP contribution in [0.15, 0.2) is 212 Å². The Balaban J connectivity index is 0.814. The number of fused-ring (bicyclic) bond motifs is 15. The van der Waals surface area contributed by atoms with Crippen LogP contribution in [0.25, 0.3) is 98.0 Å². The third kappa shape index (κ3) is 7.49. The zero-order chi connectivity index (χ0) is 64.3. The lowest BCUT2D eigenvalue weighted by atomic mass is 9.58. The monoisotopic (exact) mass is 1240 g/mol. The molecule has 3 nitrogen and oxygen atoms in total. The van der Waals surface area contributed by atoms with Crippen LogP contribution in [0.5, 0.6) is 0 Å². The van der Waals surface area contributed by atoms with Crippen LogP contribution in [-0.4, -0.2) is 16.6 Å². The van der Waals surface area contributed by atoms with E-state index in [1.165, 1.54) is 226 Å². The first-order valence-electron chi connectivity index (χ1n) is 36.5. The Kier molecular flexibility index (Phi) is 12.3. The van der Waals surface area contributed by atoms with Gasteiger partial charge in [-0.25, -0.2) is 0 Å². The predicted molar refractivity (Wildman–Crippen MR) is 406 cm³/mol. The summed E-state index contributed by atoms with van der Waals surface area (Å²) in [6.45, 7) is 22.8. The van der Waals surface area contributed by atoms with E-state index in [4.69, 9.17) is 0 Å². The first-order valence-corrected chi connectivity index (χ1v) is 36.5. The third-order valence-corrected chi connectivity index (χ3v) is 28.0. The number of benzene rings is 11. The van der Waals surface area contributed by atoms with E-state index < -0.39 is 0 Å². The Labute approximate surface area is 562 Å². The largest absolute Gasteiger partial charge is 0.334 e. The van der Waals surface area contributed by atoms with E-state index in [2.05, 4.69) is 289 Å². The van der Waals surface area contributed by atoms with Crippen molar-refractivity contribution in [3.63, 3.8) is 0 Å². The van der Waals surface area contributed by atoms with Gasteiger partial charge in [0.25, 0.3) is 0 Å². The average Bonchev–Trinajstić information content (AvgIpc) is 1.55. The van der Waals surface area contributed by atoms with E-state index in [1.807, 2.05) is 0 Å². The van der Waals surface area contributed by atoms with E-state index in [9.17, 15) is 0 Å². The Hall–Kier alpha value is -8.66. The lowest BCUT2D eigenvalue weighted by molar-refractivity contribution is 0.143. The fourth-order valence-electron chi connectivity index (χ4n) is 22.1. The Bertz CT molecular complexity index is 5060. The van der Waals surface area contributed by atoms with Crippen LogP contribution < -0.4 is 14.7 Å². The second-order valence-electron chi connectivity index (χ2n) is 32.0. The maximum atomic E-state index is 2.75. The summed E-state index contributed by atoms with van der Waals surface area (Å²) in [6, 6.07) is 84.1. The minimum absolute atomic E-state index is 0.0123. The first-order chi connectivity index (χ1) is 46.1. The van der Waals surface area contributed by atoms with Crippen molar-refractivity contribution in [2.45, 2.75) is 172 Å². The molecule has 0 amide bonds. The van der Waals surface area contributed by atoms with Crippen LogP contribution >= 0.6 is 0 Å². The molecule has 472 valence electrons. The highest BCUT2D eigenvalue weighted by Crippen LogP contribution is 2.67. The molecule has 0 aromatic heterocycles. The quantitative estimate of drug-likeness (QED) is 0.143. The molecule has 6 aliphatic rings. The Morgan fingerprint density at radius 2 is 0.621 bits per heavy atom. The van der Waals surface area contributed by atoms with Crippen LogP contribution in [0.1, 0.15) is 156 Å². The Morgan fingerprint density at radius 1 is 0.295 bits per heavy atom. The normalized spacial score (nSPS) is 27.7. The number of hydrogen-bond donors (Lipinski definition) is 0. The average molecular weight is 1240 g/mol. The highest BCUT2D eigenvalue weighted by atomic mass is 15.3. The van der Waals surface area contributed by atoms with Crippen LogP contribution in [0, 0.1) is 17.8 Å². The van der Waals surface area contributed by atoms with Gasteiger partial charge in [0, 0.05) is 50.4 Å². The molecule has 3 heteroatoms. The van der Waals surface area contributed by atoms with Crippen molar-refractivity contribution in [2.24, 2.45) is 17.8 Å². The summed E-state index contributed by atoms with van der Waals surface area (Å²) in [6.07, 6.45) is 14.6.